The molecule has 7 nitrogen and oxygen atoms in total. The first kappa shape index (κ1) is 20.4. The predicted molar refractivity (Wildman–Crippen MR) is 116 cm³/mol. The number of piperidine rings is 1. The van der Waals surface area contributed by atoms with E-state index in [4.69, 9.17) is 16.3 Å². The van der Waals surface area contributed by atoms with Gasteiger partial charge in [-0.15, -0.1) is 0 Å². The number of rotatable bonds is 6. The Labute approximate surface area is 179 Å². The van der Waals surface area contributed by atoms with Crippen molar-refractivity contribution in [1.82, 2.24) is 15.1 Å². The molecule has 2 N–H and O–H groups in total. The van der Waals surface area contributed by atoms with Crippen molar-refractivity contribution in [2.75, 3.05) is 31.6 Å². The number of benzene rings is 2. The van der Waals surface area contributed by atoms with E-state index in [-0.39, 0.29) is 11.7 Å². The van der Waals surface area contributed by atoms with E-state index in [1.165, 1.54) is 0 Å². The number of amides is 1. The van der Waals surface area contributed by atoms with Crippen molar-refractivity contribution in [3.8, 4) is 0 Å². The van der Waals surface area contributed by atoms with Crippen LogP contribution in [0.4, 0.5) is 10.5 Å². The maximum Gasteiger partial charge on any atom is 0.411 e. The Balaban J connectivity index is 1.19. The minimum atomic E-state index is -0.495. The van der Waals surface area contributed by atoms with Crippen LogP contribution < -0.4 is 5.32 Å². The number of halogens is 1. The summed E-state index contributed by atoms with van der Waals surface area (Å²) in [4.78, 5) is 26.9. The summed E-state index contributed by atoms with van der Waals surface area (Å²) in [7, 11) is 0. The second-order valence-corrected chi connectivity index (χ2v) is 7.82. The molecule has 1 saturated heterocycles. The van der Waals surface area contributed by atoms with Gasteiger partial charge in [0, 0.05) is 28.4 Å². The topological polar surface area (TPSA) is 87.3 Å². The molecule has 0 unspecified atom stereocenters. The van der Waals surface area contributed by atoms with E-state index in [9.17, 15) is 9.59 Å². The summed E-state index contributed by atoms with van der Waals surface area (Å²) < 4.78 is 5.32. The number of carbonyl (C=O) groups is 2. The van der Waals surface area contributed by atoms with Gasteiger partial charge < -0.3 is 4.74 Å². The van der Waals surface area contributed by atoms with E-state index in [1.807, 2.05) is 12.1 Å². The molecule has 0 radical (unpaired) electrons. The van der Waals surface area contributed by atoms with Crippen LogP contribution in [-0.2, 0) is 4.74 Å². The molecule has 1 aliphatic rings. The highest BCUT2D eigenvalue weighted by Gasteiger charge is 2.25. The number of hydrogen-bond acceptors (Lipinski definition) is 5. The third kappa shape index (κ3) is 4.80. The smallest absolute Gasteiger partial charge is 0.411 e. The van der Waals surface area contributed by atoms with Crippen LogP contribution in [0.3, 0.4) is 0 Å². The lowest BCUT2D eigenvalue weighted by atomic mass is 9.89. The predicted octanol–water partition coefficient (Wildman–Crippen LogP) is 4.36. The van der Waals surface area contributed by atoms with Crippen LogP contribution in [0, 0.1) is 5.92 Å². The number of aromatic amines is 1. The summed E-state index contributed by atoms with van der Waals surface area (Å²) in [5, 5.41) is 11.1. The zero-order chi connectivity index (χ0) is 20.9. The average Bonchev–Trinajstić information content (AvgIpc) is 3.24. The van der Waals surface area contributed by atoms with E-state index in [0.717, 1.165) is 36.8 Å². The number of fused-ring (bicyclic) bond motifs is 1. The minimum absolute atomic E-state index is 0.0292. The fourth-order valence-corrected chi connectivity index (χ4v) is 3.88. The number of likely N-dealkylation sites (tertiary alicyclic amines) is 1. The summed E-state index contributed by atoms with van der Waals surface area (Å²) in [6, 6.07) is 12.6. The molecular weight excluding hydrogens is 404 g/mol. The fourth-order valence-electron chi connectivity index (χ4n) is 3.76. The van der Waals surface area contributed by atoms with Crippen LogP contribution in [0.5, 0.6) is 0 Å². The Morgan fingerprint density at radius 3 is 2.70 bits per heavy atom. The maximum absolute atomic E-state index is 12.6. The van der Waals surface area contributed by atoms with Crippen LogP contribution in [0.25, 0.3) is 10.9 Å². The molecule has 2 heterocycles. The highest BCUT2D eigenvalue weighted by molar-refractivity contribution is 6.30. The van der Waals surface area contributed by atoms with Crippen molar-refractivity contribution in [3.63, 3.8) is 0 Å². The van der Waals surface area contributed by atoms with Gasteiger partial charge in [-0.1, -0.05) is 23.7 Å². The molecule has 0 spiro atoms. The minimum Gasteiger partial charge on any atom is -0.448 e. The van der Waals surface area contributed by atoms with E-state index < -0.39 is 6.09 Å². The largest absolute Gasteiger partial charge is 0.448 e. The van der Waals surface area contributed by atoms with Crippen molar-refractivity contribution in [2.24, 2.45) is 5.92 Å². The number of carbonyl (C=O) groups excluding carboxylic acids is 2. The molecule has 0 aliphatic carbocycles. The molecule has 1 aromatic heterocycles. The molecule has 156 valence electrons. The van der Waals surface area contributed by atoms with E-state index in [2.05, 4.69) is 20.4 Å². The number of nitrogens with one attached hydrogen (secondary N) is 2. The number of ketones is 1. The van der Waals surface area contributed by atoms with Crippen molar-refractivity contribution >= 4 is 40.1 Å². The number of hydrogen-bond donors (Lipinski definition) is 2. The second kappa shape index (κ2) is 9.28. The number of anilines is 1. The first-order valence-corrected chi connectivity index (χ1v) is 10.4. The molecule has 3 aromatic rings. The van der Waals surface area contributed by atoms with Gasteiger partial charge in [0.15, 0.2) is 5.78 Å². The molecule has 1 amide bonds. The van der Waals surface area contributed by atoms with Crippen molar-refractivity contribution in [2.45, 2.75) is 12.8 Å². The van der Waals surface area contributed by atoms with Crippen molar-refractivity contribution < 1.29 is 14.3 Å². The standard InChI is InChI=1S/C22H23ClN4O3/c23-18-6-4-15(5-7-18)21(28)16-8-10-27(11-9-16)12-13-30-22(29)25-19-3-1-2-17-14-24-26-20(17)19/h1-7,14,16H,8-13H2,(H,24,26)(H,25,29). The highest BCUT2D eigenvalue weighted by Crippen LogP contribution is 2.23. The van der Waals surface area contributed by atoms with Gasteiger partial charge in [0.1, 0.15) is 6.61 Å². The number of nitrogens with zero attached hydrogens (tertiary/aromatic N) is 2. The molecule has 1 aliphatic heterocycles. The Bertz CT molecular complexity index is 1030. The number of Topliss-reactive ketones (excluding diaryl/α,β-unsaturated/α-hetero) is 1. The molecule has 2 aromatic carbocycles. The summed E-state index contributed by atoms with van der Waals surface area (Å²) in [6.07, 6.45) is 2.81. The first-order valence-electron chi connectivity index (χ1n) is 9.98. The monoisotopic (exact) mass is 426 g/mol. The first-order chi connectivity index (χ1) is 14.6. The van der Waals surface area contributed by atoms with E-state index in [0.29, 0.717) is 29.4 Å². The molecule has 4 rings (SSSR count). The second-order valence-electron chi connectivity index (χ2n) is 7.39. The Hall–Kier alpha value is -2.90. The Morgan fingerprint density at radius 1 is 1.17 bits per heavy atom. The quantitative estimate of drug-likeness (QED) is 0.572. The molecule has 8 heteroatoms. The van der Waals surface area contributed by atoms with E-state index >= 15 is 0 Å². The lowest BCUT2D eigenvalue weighted by Gasteiger charge is -2.31. The van der Waals surface area contributed by atoms with Gasteiger partial charge in [0.25, 0.3) is 0 Å². The molecule has 0 atom stereocenters. The van der Waals surface area contributed by atoms with Crippen LogP contribution in [0.2, 0.25) is 5.02 Å². The van der Waals surface area contributed by atoms with Gasteiger partial charge in [-0.05, 0) is 56.3 Å². The lowest BCUT2D eigenvalue weighted by molar-refractivity contribution is 0.0813. The summed E-state index contributed by atoms with van der Waals surface area (Å²) in [5.41, 5.74) is 2.11. The van der Waals surface area contributed by atoms with Crippen LogP contribution in [-0.4, -0.2) is 53.2 Å². The Kier molecular flexibility index (Phi) is 6.30. The van der Waals surface area contributed by atoms with Crippen LogP contribution >= 0.6 is 11.6 Å². The molecular formula is C22H23ClN4O3. The van der Waals surface area contributed by atoms with Gasteiger partial charge in [0.05, 0.1) is 17.4 Å². The van der Waals surface area contributed by atoms with Gasteiger partial charge in [-0.3, -0.25) is 20.1 Å². The summed E-state index contributed by atoms with van der Waals surface area (Å²) in [5.74, 6) is 0.205. The van der Waals surface area contributed by atoms with Crippen molar-refractivity contribution in [1.29, 1.82) is 0 Å². The molecule has 0 bridgehead atoms. The summed E-state index contributed by atoms with van der Waals surface area (Å²) >= 11 is 5.90. The average molecular weight is 427 g/mol. The molecule has 30 heavy (non-hydrogen) atoms. The number of aromatic nitrogens is 2. The van der Waals surface area contributed by atoms with Gasteiger partial charge in [-0.25, -0.2) is 4.79 Å². The fraction of sp³-hybridized carbons (Fsp3) is 0.318. The van der Waals surface area contributed by atoms with Gasteiger partial charge in [-0.2, -0.15) is 5.10 Å². The van der Waals surface area contributed by atoms with Crippen LogP contribution in [0.1, 0.15) is 23.2 Å². The Morgan fingerprint density at radius 2 is 1.93 bits per heavy atom. The molecule has 1 fully saturated rings. The van der Waals surface area contributed by atoms with Gasteiger partial charge >= 0.3 is 6.09 Å². The SMILES string of the molecule is O=C(Nc1cccc2cn[nH]c12)OCCN1CCC(C(=O)c2ccc(Cl)cc2)CC1. The lowest BCUT2D eigenvalue weighted by Crippen LogP contribution is -2.38. The normalized spacial score (nSPS) is 15.2. The molecule has 0 saturated carbocycles. The van der Waals surface area contributed by atoms with Crippen molar-refractivity contribution in [3.05, 3.63) is 59.2 Å². The van der Waals surface area contributed by atoms with Gasteiger partial charge in [0.2, 0.25) is 0 Å². The number of H-pyrrole nitrogens is 1. The third-order valence-electron chi connectivity index (χ3n) is 5.44. The summed E-state index contributed by atoms with van der Waals surface area (Å²) in [6.45, 7) is 2.55. The maximum atomic E-state index is 12.6. The highest BCUT2D eigenvalue weighted by atomic mass is 35.5. The van der Waals surface area contributed by atoms with E-state index in [1.54, 1.807) is 36.5 Å². The zero-order valence-corrected chi connectivity index (χ0v) is 17.2. The van der Waals surface area contributed by atoms with Crippen LogP contribution in [0.15, 0.2) is 48.7 Å². The number of para-hydroxylation sites is 1. The number of ether oxygens (including phenoxy) is 1. The zero-order valence-electron chi connectivity index (χ0n) is 16.4. The third-order valence-corrected chi connectivity index (χ3v) is 5.69.